The smallest absolute Gasteiger partial charge is 0.221 e. The van der Waals surface area contributed by atoms with Crippen molar-refractivity contribution in [2.24, 2.45) is 5.92 Å². The van der Waals surface area contributed by atoms with Gasteiger partial charge in [-0.25, -0.2) is 0 Å². The third-order valence-electron chi connectivity index (χ3n) is 4.29. The number of hydrogen-bond donors (Lipinski definition) is 2. The molecule has 0 aliphatic heterocycles. The van der Waals surface area contributed by atoms with Crippen molar-refractivity contribution in [3.05, 3.63) is 29.8 Å². The average Bonchev–Trinajstić information content (AvgIpc) is 2.46. The second-order valence-electron chi connectivity index (χ2n) is 5.88. The van der Waals surface area contributed by atoms with Crippen molar-refractivity contribution < 1.29 is 4.79 Å². The van der Waals surface area contributed by atoms with Crippen LogP contribution >= 0.6 is 0 Å². The third kappa shape index (κ3) is 4.64. The molecule has 1 amide bonds. The Morgan fingerprint density at radius 3 is 2.35 bits per heavy atom. The highest BCUT2D eigenvalue weighted by molar-refractivity contribution is 5.88. The second-order valence-corrected chi connectivity index (χ2v) is 5.88. The molecule has 0 aromatic heterocycles. The molecule has 0 spiro atoms. The van der Waals surface area contributed by atoms with Gasteiger partial charge in [0.25, 0.3) is 0 Å². The Bertz CT molecular complexity index is 419. The van der Waals surface area contributed by atoms with E-state index in [0.29, 0.717) is 6.04 Å². The summed E-state index contributed by atoms with van der Waals surface area (Å²) in [5.74, 6) is 0.925. The van der Waals surface area contributed by atoms with Crippen LogP contribution in [0.4, 0.5) is 5.69 Å². The number of anilines is 1. The molecule has 0 radical (unpaired) electrons. The topological polar surface area (TPSA) is 41.1 Å². The SMILES string of the molecule is CCC1CCC(NCc2ccc(NC(C)=O)cc2)CC1. The molecule has 0 unspecified atom stereocenters. The lowest BCUT2D eigenvalue weighted by Crippen LogP contribution is -2.32. The van der Waals surface area contributed by atoms with Crippen LogP contribution in [0, 0.1) is 5.92 Å². The largest absolute Gasteiger partial charge is 0.326 e. The molecule has 3 nitrogen and oxygen atoms in total. The zero-order valence-corrected chi connectivity index (χ0v) is 12.6. The van der Waals surface area contributed by atoms with Gasteiger partial charge in [0.1, 0.15) is 0 Å². The monoisotopic (exact) mass is 274 g/mol. The van der Waals surface area contributed by atoms with Crippen LogP contribution in [0.2, 0.25) is 0 Å². The van der Waals surface area contributed by atoms with Crippen LogP contribution in [0.1, 0.15) is 51.5 Å². The Hall–Kier alpha value is -1.35. The maximum atomic E-state index is 11.0. The number of rotatable bonds is 5. The van der Waals surface area contributed by atoms with Gasteiger partial charge in [0.05, 0.1) is 0 Å². The first-order chi connectivity index (χ1) is 9.67. The molecule has 110 valence electrons. The van der Waals surface area contributed by atoms with Crippen molar-refractivity contribution in [1.82, 2.24) is 5.32 Å². The first kappa shape index (κ1) is 15.0. The van der Waals surface area contributed by atoms with E-state index >= 15 is 0 Å². The number of nitrogens with one attached hydrogen (secondary N) is 2. The number of carbonyl (C=O) groups is 1. The molecule has 1 aliphatic carbocycles. The molecular weight excluding hydrogens is 248 g/mol. The maximum Gasteiger partial charge on any atom is 0.221 e. The molecule has 3 heteroatoms. The molecule has 1 saturated carbocycles. The molecule has 1 aliphatic rings. The molecule has 2 rings (SSSR count). The van der Waals surface area contributed by atoms with Gasteiger partial charge in [-0.2, -0.15) is 0 Å². The van der Waals surface area contributed by atoms with Gasteiger partial charge in [-0.15, -0.1) is 0 Å². The minimum absolute atomic E-state index is 0.0245. The summed E-state index contributed by atoms with van der Waals surface area (Å²) in [4.78, 5) is 11.0. The van der Waals surface area contributed by atoms with Crippen LogP contribution < -0.4 is 10.6 Å². The van der Waals surface area contributed by atoms with E-state index < -0.39 is 0 Å². The highest BCUT2D eigenvalue weighted by Gasteiger charge is 2.19. The molecule has 1 aromatic carbocycles. The molecule has 0 bridgehead atoms. The highest BCUT2D eigenvalue weighted by atomic mass is 16.1. The Balaban J connectivity index is 1.75. The fourth-order valence-corrected chi connectivity index (χ4v) is 2.95. The minimum atomic E-state index is -0.0245. The van der Waals surface area contributed by atoms with Crippen molar-refractivity contribution in [3.8, 4) is 0 Å². The molecule has 0 heterocycles. The van der Waals surface area contributed by atoms with Crippen molar-refractivity contribution in [2.45, 2.75) is 58.5 Å². The average molecular weight is 274 g/mol. The van der Waals surface area contributed by atoms with Crippen molar-refractivity contribution in [1.29, 1.82) is 0 Å². The molecule has 2 N–H and O–H groups in total. The van der Waals surface area contributed by atoms with Gasteiger partial charge in [0, 0.05) is 25.2 Å². The van der Waals surface area contributed by atoms with Gasteiger partial charge < -0.3 is 10.6 Å². The summed E-state index contributed by atoms with van der Waals surface area (Å²) in [5.41, 5.74) is 2.14. The van der Waals surface area contributed by atoms with Crippen molar-refractivity contribution >= 4 is 11.6 Å². The van der Waals surface area contributed by atoms with Gasteiger partial charge in [0.15, 0.2) is 0 Å². The number of carbonyl (C=O) groups excluding carboxylic acids is 1. The molecule has 1 aromatic rings. The lowest BCUT2D eigenvalue weighted by atomic mass is 9.84. The second kappa shape index (κ2) is 7.44. The summed E-state index contributed by atoms with van der Waals surface area (Å²) in [6.07, 6.45) is 6.69. The molecule has 20 heavy (non-hydrogen) atoms. The first-order valence-corrected chi connectivity index (χ1v) is 7.77. The molecule has 1 fully saturated rings. The quantitative estimate of drug-likeness (QED) is 0.859. The number of hydrogen-bond acceptors (Lipinski definition) is 2. The summed E-state index contributed by atoms with van der Waals surface area (Å²) in [6.45, 7) is 4.75. The lowest BCUT2D eigenvalue weighted by Gasteiger charge is -2.28. The zero-order valence-electron chi connectivity index (χ0n) is 12.6. The summed E-state index contributed by atoms with van der Waals surface area (Å²) >= 11 is 0. The standard InChI is InChI=1S/C17H26N2O/c1-3-14-4-8-16(9-5-14)18-12-15-6-10-17(11-7-15)19-13(2)20/h6-7,10-11,14,16,18H,3-5,8-9,12H2,1-2H3,(H,19,20). The predicted molar refractivity (Wildman–Crippen MR) is 83.6 cm³/mol. The van der Waals surface area contributed by atoms with E-state index in [4.69, 9.17) is 0 Å². The van der Waals surface area contributed by atoms with E-state index in [0.717, 1.165) is 18.2 Å². The maximum absolute atomic E-state index is 11.0. The van der Waals surface area contributed by atoms with Gasteiger partial charge in [0.2, 0.25) is 5.91 Å². The normalized spacial score (nSPS) is 22.5. The van der Waals surface area contributed by atoms with Crippen molar-refractivity contribution in [2.75, 3.05) is 5.32 Å². The van der Waals surface area contributed by atoms with Crippen molar-refractivity contribution in [3.63, 3.8) is 0 Å². The van der Waals surface area contributed by atoms with E-state index in [9.17, 15) is 4.79 Å². The Morgan fingerprint density at radius 2 is 1.80 bits per heavy atom. The number of amides is 1. The summed E-state index contributed by atoms with van der Waals surface area (Å²) in [7, 11) is 0. The van der Waals surface area contributed by atoms with Crippen LogP contribution in [0.15, 0.2) is 24.3 Å². The molecule has 0 saturated heterocycles. The molecule has 0 atom stereocenters. The van der Waals surface area contributed by atoms with E-state index in [1.54, 1.807) is 0 Å². The fourth-order valence-electron chi connectivity index (χ4n) is 2.95. The third-order valence-corrected chi connectivity index (χ3v) is 4.29. The first-order valence-electron chi connectivity index (χ1n) is 7.77. The predicted octanol–water partition coefficient (Wildman–Crippen LogP) is 3.70. The van der Waals surface area contributed by atoms with Crippen LogP contribution in [-0.2, 0) is 11.3 Å². The Kier molecular flexibility index (Phi) is 5.60. The zero-order chi connectivity index (χ0) is 14.4. The summed E-state index contributed by atoms with van der Waals surface area (Å²) in [6, 6.07) is 8.76. The van der Waals surface area contributed by atoms with Crippen LogP contribution in [0.3, 0.4) is 0 Å². The summed E-state index contributed by atoms with van der Waals surface area (Å²) < 4.78 is 0. The molecular formula is C17H26N2O. The number of benzene rings is 1. The van der Waals surface area contributed by atoms with Crippen LogP contribution in [-0.4, -0.2) is 11.9 Å². The van der Waals surface area contributed by atoms with Gasteiger partial charge >= 0.3 is 0 Å². The van der Waals surface area contributed by atoms with E-state index in [-0.39, 0.29) is 5.91 Å². The highest BCUT2D eigenvalue weighted by Crippen LogP contribution is 2.26. The van der Waals surface area contributed by atoms with Gasteiger partial charge in [-0.05, 0) is 49.3 Å². The Morgan fingerprint density at radius 1 is 1.15 bits per heavy atom. The van der Waals surface area contributed by atoms with E-state index in [1.165, 1.54) is 44.6 Å². The van der Waals surface area contributed by atoms with Gasteiger partial charge in [-0.3, -0.25) is 4.79 Å². The lowest BCUT2D eigenvalue weighted by molar-refractivity contribution is -0.114. The minimum Gasteiger partial charge on any atom is -0.326 e. The van der Waals surface area contributed by atoms with Crippen LogP contribution in [0.5, 0.6) is 0 Å². The Labute approximate surface area is 122 Å². The van der Waals surface area contributed by atoms with E-state index in [1.807, 2.05) is 12.1 Å². The fraction of sp³-hybridized carbons (Fsp3) is 0.588. The summed E-state index contributed by atoms with van der Waals surface area (Å²) in [5, 5.41) is 6.44. The van der Waals surface area contributed by atoms with E-state index in [2.05, 4.69) is 29.7 Å². The van der Waals surface area contributed by atoms with Crippen LogP contribution in [0.25, 0.3) is 0 Å². The van der Waals surface area contributed by atoms with Gasteiger partial charge in [-0.1, -0.05) is 25.5 Å².